The molecule has 0 unspecified atom stereocenters. The smallest absolute Gasteiger partial charge is 0.411 e. The van der Waals surface area contributed by atoms with Gasteiger partial charge in [0.05, 0.1) is 17.6 Å². The maximum atomic E-state index is 13.6. The maximum absolute atomic E-state index is 13.6. The molecule has 228 valence electrons. The summed E-state index contributed by atoms with van der Waals surface area (Å²) < 4.78 is 11.9. The lowest BCUT2D eigenvalue weighted by Gasteiger charge is -2.40. The van der Waals surface area contributed by atoms with Crippen LogP contribution in [0.1, 0.15) is 51.7 Å². The van der Waals surface area contributed by atoms with E-state index in [0.717, 1.165) is 22.0 Å². The number of nitrogens with one attached hydrogen (secondary N) is 3. The van der Waals surface area contributed by atoms with Crippen molar-refractivity contribution in [3.8, 4) is 0 Å². The minimum atomic E-state index is -1.02. The van der Waals surface area contributed by atoms with Gasteiger partial charge in [0.2, 0.25) is 17.7 Å². The van der Waals surface area contributed by atoms with Crippen LogP contribution in [0.4, 0.5) is 10.5 Å². The Balaban J connectivity index is 1.61. The highest BCUT2D eigenvalue weighted by Crippen LogP contribution is 2.33. The van der Waals surface area contributed by atoms with Gasteiger partial charge < -0.3 is 25.0 Å². The summed E-state index contributed by atoms with van der Waals surface area (Å²) in [6, 6.07) is 15.1. The molecule has 2 aromatic carbocycles. The first kappa shape index (κ1) is 33.1. The summed E-state index contributed by atoms with van der Waals surface area (Å²) in [6.45, 7) is 7.99. The number of hydrogen-bond acceptors (Lipinski definition) is 6. The number of ether oxygens (including phenoxy) is 2. The molecule has 0 spiro atoms. The van der Waals surface area contributed by atoms with E-state index < -0.39 is 17.1 Å². The van der Waals surface area contributed by atoms with Crippen molar-refractivity contribution < 1.29 is 28.7 Å². The quantitative estimate of drug-likeness (QED) is 0.333. The Bertz CT molecular complexity index is 1240. The van der Waals surface area contributed by atoms with Crippen LogP contribution in [-0.2, 0) is 36.8 Å². The number of nitrogens with zero attached hydrogens (tertiary/aromatic N) is 1. The molecule has 1 aliphatic rings. The number of rotatable bonds is 11. The van der Waals surface area contributed by atoms with Gasteiger partial charge in [0, 0.05) is 29.8 Å². The maximum Gasteiger partial charge on any atom is 0.411 e. The van der Waals surface area contributed by atoms with Crippen LogP contribution in [0.15, 0.2) is 53.0 Å². The van der Waals surface area contributed by atoms with E-state index in [9.17, 15) is 19.2 Å². The van der Waals surface area contributed by atoms with Crippen molar-refractivity contribution in [2.24, 2.45) is 5.41 Å². The predicted octanol–water partition coefficient (Wildman–Crippen LogP) is 4.42. The van der Waals surface area contributed by atoms with E-state index in [4.69, 9.17) is 9.47 Å². The van der Waals surface area contributed by atoms with Crippen LogP contribution in [0, 0.1) is 5.41 Å². The number of hydrogen-bond donors (Lipinski definition) is 3. The number of carbonyl (C=O) groups is 4. The lowest BCUT2D eigenvalue weighted by atomic mass is 9.78. The molecule has 3 rings (SSSR count). The zero-order valence-corrected chi connectivity index (χ0v) is 26.3. The molecular weight excluding hydrogens is 604 g/mol. The number of likely N-dealkylation sites (tertiary alicyclic amines) is 1. The van der Waals surface area contributed by atoms with Gasteiger partial charge >= 0.3 is 6.09 Å². The molecule has 0 atom stereocenters. The first-order chi connectivity index (χ1) is 19.9. The molecule has 4 amide bonds. The summed E-state index contributed by atoms with van der Waals surface area (Å²) >= 11 is 3.50. The molecule has 0 bridgehead atoms. The molecule has 0 radical (unpaired) electrons. The second-order valence-electron chi connectivity index (χ2n) is 11.4. The van der Waals surface area contributed by atoms with Gasteiger partial charge in [-0.05, 0) is 69.4 Å². The fraction of sp³-hybridized carbons (Fsp3) is 0.484. The van der Waals surface area contributed by atoms with Crippen molar-refractivity contribution in [3.05, 3.63) is 64.1 Å². The standard InChI is InChI=1S/C31H41BrN4O6/c1-5-22-10-12-24(13-11-22)35-29(40)41-21-31(28(39)34-18-23-8-6-7-9-25(23)32)14-16-36(17-15-31)27(38)19-33-26(37)20-42-30(2,3)4/h6-13H,5,14-21H2,1-4H3,(H,33,37)(H,34,39)(H,35,40). The molecule has 10 nitrogen and oxygen atoms in total. The largest absolute Gasteiger partial charge is 0.448 e. The zero-order chi connectivity index (χ0) is 30.8. The fourth-order valence-electron chi connectivity index (χ4n) is 4.43. The van der Waals surface area contributed by atoms with Gasteiger partial charge in [0.15, 0.2) is 0 Å². The number of halogens is 1. The van der Waals surface area contributed by atoms with Gasteiger partial charge in [-0.3, -0.25) is 19.7 Å². The Morgan fingerprint density at radius 3 is 2.26 bits per heavy atom. The Morgan fingerprint density at radius 1 is 0.976 bits per heavy atom. The molecule has 0 saturated carbocycles. The van der Waals surface area contributed by atoms with E-state index in [1.165, 1.54) is 0 Å². The Morgan fingerprint density at radius 2 is 1.64 bits per heavy atom. The Hall–Kier alpha value is -3.44. The summed E-state index contributed by atoms with van der Waals surface area (Å²) in [4.78, 5) is 52.7. The highest BCUT2D eigenvalue weighted by Gasteiger charge is 2.43. The molecule has 2 aromatic rings. The second-order valence-corrected chi connectivity index (χ2v) is 12.2. The SMILES string of the molecule is CCc1ccc(NC(=O)OCC2(C(=O)NCc3ccccc3Br)CCN(C(=O)CNC(=O)COC(C)(C)C)CC2)cc1. The first-order valence-corrected chi connectivity index (χ1v) is 14.9. The molecule has 1 heterocycles. The topological polar surface area (TPSA) is 126 Å². The van der Waals surface area contributed by atoms with E-state index in [1.54, 1.807) is 17.0 Å². The van der Waals surface area contributed by atoms with Crippen molar-refractivity contribution in [2.75, 3.05) is 38.2 Å². The van der Waals surface area contributed by atoms with E-state index in [1.807, 2.05) is 57.2 Å². The minimum absolute atomic E-state index is 0.139. The number of aryl methyl sites for hydroxylation is 1. The molecule has 3 N–H and O–H groups in total. The molecule has 0 aliphatic carbocycles. The lowest BCUT2D eigenvalue weighted by Crippen LogP contribution is -2.54. The molecule has 11 heteroatoms. The van der Waals surface area contributed by atoms with Crippen LogP contribution in [0.2, 0.25) is 0 Å². The van der Waals surface area contributed by atoms with Crippen molar-refractivity contribution in [2.45, 2.75) is 59.1 Å². The van der Waals surface area contributed by atoms with Crippen LogP contribution in [0.5, 0.6) is 0 Å². The van der Waals surface area contributed by atoms with E-state index in [-0.39, 0.29) is 50.6 Å². The minimum Gasteiger partial charge on any atom is -0.448 e. The monoisotopic (exact) mass is 644 g/mol. The van der Waals surface area contributed by atoms with E-state index in [0.29, 0.717) is 25.1 Å². The summed E-state index contributed by atoms with van der Waals surface area (Å²) in [5.41, 5.74) is 1.17. The summed E-state index contributed by atoms with van der Waals surface area (Å²) in [5.74, 6) is -0.881. The number of amides is 4. The van der Waals surface area contributed by atoms with Crippen molar-refractivity contribution in [1.82, 2.24) is 15.5 Å². The summed E-state index contributed by atoms with van der Waals surface area (Å²) in [6.07, 6.45) is 0.815. The molecule has 1 fully saturated rings. The number of carbonyl (C=O) groups excluding carboxylic acids is 4. The highest BCUT2D eigenvalue weighted by molar-refractivity contribution is 9.10. The van der Waals surface area contributed by atoms with Crippen molar-refractivity contribution in [1.29, 1.82) is 0 Å². The molecule has 42 heavy (non-hydrogen) atoms. The third-order valence-corrected chi connectivity index (χ3v) is 7.89. The van der Waals surface area contributed by atoms with Gasteiger partial charge in [-0.25, -0.2) is 4.79 Å². The average molecular weight is 646 g/mol. The number of anilines is 1. The Labute approximate surface area is 256 Å². The van der Waals surface area contributed by atoms with Crippen molar-refractivity contribution >= 4 is 45.4 Å². The van der Waals surface area contributed by atoms with Crippen LogP contribution in [0.25, 0.3) is 0 Å². The molecule has 1 saturated heterocycles. The first-order valence-electron chi connectivity index (χ1n) is 14.1. The van der Waals surface area contributed by atoms with Crippen LogP contribution in [-0.4, -0.2) is 67.2 Å². The second kappa shape index (κ2) is 15.2. The third kappa shape index (κ3) is 10.1. The van der Waals surface area contributed by atoms with Gasteiger partial charge in [-0.1, -0.05) is 53.2 Å². The predicted molar refractivity (Wildman–Crippen MR) is 164 cm³/mol. The molecule has 0 aromatic heterocycles. The zero-order valence-electron chi connectivity index (χ0n) is 24.8. The van der Waals surface area contributed by atoms with E-state index in [2.05, 4.69) is 38.8 Å². The van der Waals surface area contributed by atoms with Gasteiger partial charge in [0.1, 0.15) is 13.2 Å². The van der Waals surface area contributed by atoms with Crippen LogP contribution in [0.3, 0.4) is 0 Å². The molecular formula is C31H41BrN4O6. The van der Waals surface area contributed by atoms with Gasteiger partial charge in [-0.2, -0.15) is 0 Å². The van der Waals surface area contributed by atoms with Crippen molar-refractivity contribution in [3.63, 3.8) is 0 Å². The fourth-order valence-corrected chi connectivity index (χ4v) is 4.85. The van der Waals surface area contributed by atoms with E-state index >= 15 is 0 Å². The van der Waals surface area contributed by atoms with Gasteiger partial charge in [-0.15, -0.1) is 0 Å². The number of benzene rings is 2. The highest BCUT2D eigenvalue weighted by atomic mass is 79.9. The van der Waals surface area contributed by atoms with Crippen LogP contribution < -0.4 is 16.0 Å². The number of piperidine rings is 1. The lowest BCUT2D eigenvalue weighted by molar-refractivity contribution is -0.143. The average Bonchev–Trinajstić information content (AvgIpc) is 2.97. The van der Waals surface area contributed by atoms with Crippen LogP contribution >= 0.6 is 15.9 Å². The van der Waals surface area contributed by atoms with Gasteiger partial charge in [0.25, 0.3) is 0 Å². The Kier molecular flexibility index (Phi) is 11.9. The summed E-state index contributed by atoms with van der Waals surface area (Å²) in [7, 11) is 0. The normalized spacial score (nSPS) is 14.5. The molecule has 1 aliphatic heterocycles. The summed E-state index contributed by atoms with van der Waals surface area (Å²) in [5, 5.41) is 8.30. The third-order valence-electron chi connectivity index (χ3n) is 7.11.